The Hall–Kier alpha value is -1.39. The highest BCUT2D eigenvalue weighted by molar-refractivity contribution is 7.99. The largest absolute Gasteiger partial charge is 0.312 e. The Morgan fingerprint density at radius 2 is 2.22 bits per heavy atom. The summed E-state index contributed by atoms with van der Waals surface area (Å²) >= 11 is 1.63. The molecule has 0 fully saturated rings. The van der Waals surface area contributed by atoms with Gasteiger partial charge in [-0.3, -0.25) is 4.98 Å². The summed E-state index contributed by atoms with van der Waals surface area (Å²) in [4.78, 5) is 5.06. The van der Waals surface area contributed by atoms with Crippen molar-refractivity contribution in [3.8, 4) is 0 Å². The van der Waals surface area contributed by atoms with Gasteiger partial charge in [-0.25, -0.2) is 4.39 Å². The van der Waals surface area contributed by atoms with Crippen molar-refractivity contribution in [3.63, 3.8) is 0 Å². The third-order valence-electron chi connectivity index (χ3n) is 2.65. The Bertz CT molecular complexity index is 490. The average molecular weight is 262 g/mol. The van der Waals surface area contributed by atoms with E-state index in [1.165, 1.54) is 6.07 Å². The van der Waals surface area contributed by atoms with E-state index in [4.69, 9.17) is 0 Å². The van der Waals surface area contributed by atoms with Crippen molar-refractivity contribution in [1.29, 1.82) is 0 Å². The SMILES string of the molecule is CNC(CSc1cccc(F)c1)c1cccnc1. The highest BCUT2D eigenvalue weighted by Crippen LogP contribution is 2.24. The molecule has 2 rings (SSSR count). The molecule has 0 spiro atoms. The van der Waals surface area contributed by atoms with Gasteiger partial charge in [-0.05, 0) is 36.9 Å². The third-order valence-corrected chi connectivity index (χ3v) is 3.74. The number of nitrogens with zero attached hydrogens (tertiary/aromatic N) is 1. The van der Waals surface area contributed by atoms with Crippen LogP contribution in [-0.4, -0.2) is 17.8 Å². The first-order valence-corrected chi connectivity index (χ1v) is 6.73. The number of hydrogen-bond donors (Lipinski definition) is 1. The molecule has 1 unspecified atom stereocenters. The molecule has 4 heteroatoms. The van der Waals surface area contributed by atoms with Crippen LogP contribution in [0.5, 0.6) is 0 Å². The molecule has 94 valence electrons. The Kier molecular flexibility index (Phi) is 4.73. The summed E-state index contributed by atoms with van der Waals surface area (Å²) in [5.41, 5.74) is 1.14. The summed E-state index contributed by atoms with van der Waals surface area (Å²) < 4.78 is 13.1. The predicted molar refractivity (Wildman–Crippen MR) is 73.2 cm³/mol. The molecule has 18 heavy (non-hydrogen) atoms. The lowest BCUT2D eigenvalue weighted by Crippen LogP contribution is -2.18. The Morgan fingerprint density at radius 3 is 2.89 bits per heavy atom. The standard InChI is InChI=1S/C14H15FN2S/c1-16-14(11-4-3-7-17-9-11)10-18-13-6-2-5-12(15)8-13/h2-9,14,16H,10H2,1H3. The summed E-state index contributed by atoms with van der Waals surface area (Å²) in [6.07, 6.45) is 3.61. The summed E-state index contributed by atoms with van der Waals surface area (Å²) in [7, 11) is 1.92. The molecule has 0 aliphatic heterocycles. The molecular formula is C14H15FN2S. The molecule has 0 amide bonds. The highest BCUT2D eigenvalue weighted by Gasteiger charge is 2.09. The maximum absolute atomic E-state index is 13.1. The molecule has 1 aromatic carbocycles. The van der Waals surface area contributed by atoms with Crippen molar-refractivity contribution in [2.45, 2.75) is 10.9 Å². The number of thioether (sulfide) groups is 1. The summed E-state index contributed by atoms with van der Waals surface area (Å²) in [5, 5.41) is 3.25. The quantitative estimate of drug-likeness (QED) is 0.837. The van der Waals surface area contributed by atoms with E-state index in [0.29, 0.717) is 0 Å². The Balaban J connectivity index is 2.00. The van der Waals surface area contributed by atoms with E-state index in [0.717, 1.165) is 16.2 Å². The monoisotopic (exact) mass is 262 g/mol. The zero-order valence-corrected chi connectivity index (χ0v) is 11.0. The van der Waals surface area contributed by atoms with E-state index < -0.39 is 0 Å². The van der Waals surface area contributed by atoms with Crippen molar-refractivity contribution in [1.82, 2.24) is 10.3 Å². The lowest BCUT2D eigenvalue weighted by Gasteiger charge is -2.15. The van der Waals surface area contributed by atoms with Crippen molar-refractivity contribution < 1.29 is 4.39 Å². The molecule has 1 aromatic heterocycles. The number of pyridine rings is 1. The minimum Gasteiger partial charge on any atom is -0.312 e. The molecule has 0 bridgehead atoms. The maximum Gasteiger partial charge on any atom is 0.124 e. The molecular weight excluding hydrogens is 247 g/mol. The summed E-state index contributed by atoms with van der Waals surface area (Å²) in [6.45, 7) is 0. The summed E-state index contributed by atoms with van der Waals surface area (Å²) in [6, 6.07) is 10.8. The smallest absolute Gasteiger partial charge is 0.124 e. The van der Waals surface area contributed by atoms with Gasteiger partial charge in [0.25, 0.3) is 0 Å². The van der Waals surface area contributed by atoms with E-state index in [1.807, 2.05) is 31.4 Å². The second-order valence-corrected chi connectivity index (χ2v) is 4.99. The van der Waals surface area contributed by atoms with Gasteiger partial charge in [-0.15, -0.1) is 11.8 Å². The van der Waals surface area contributed by atoms with Gasteiger partial charge in [0.05, 0.1) is 0 Å². The molecule has 1 atom stereocenters. The number of aromatic nitrogens is 1. The van der Waals surface area contributed by atoms with Crippen LogP contribution in [0.4, 0.5) is 4.39 Å². The fourth-order valence-electron chi connectivity index (χ4n) is 1.66. The van der Waals surface area contributed by atoms with Gasteiger partial charge < -0.3 is 5.32 Å². The molecule has 1 heterocycles. The van der Waals surface area contributed by atoms with Crippen LogP contribution in [0, 0.1) is 5.82 Å². The van der Waals surface area contributed by atoms with E-state index in [2.05, 4.69) is 10.3 Å². The van der Waals surface area contributed by atoms with Crippen LogP contribution >= 0.6 is 11.8 Å². The lowest BCUT2D eigenvalue weighted by atomic mass is 10.1. The number of halogens is 1. The van der Waals surface area contributed by atoms with Crippen LogP contribution in [0.1, 0.15) is 11.6 Å². The minimum atomic E-state index is -0.192. The number of benzene rings is 1. The van der Waals surface area contributed by atoms with E-state index >= 15 is 0 Å². The molecule has 0 aliphatic carbocycles. The molecule has 0 saturated carbocycles. The molecule has 2 nitrogen and oxygen atoms in total. The average Bonchev–Trinajstić information content (AvgIpc) is 2.41. The first kappa shape index (κ1) is 13.1. The van der Waals surface area contributed by atoms with Crippen LogP contribution < -0.4 is 5.32 Å². The molecule has 0 saturated heterocycles. The third kappa shape index (κ3) is 3.55. The van der Waals surface area contributed by atoms with Gasteiger partial charge in [0.2, 0.25) is 0 Å². The second kappa shape index (κ2) is 6.52. The fraction of sp³-hybridized carbons (Fsp3) is 0.214. The van der Waals surface area contributed by atoms with Gasteiger partial charge >= 0.3 is 0 Å². The van der Waals surface area contributed by atoms with Crippen molar-refractivity contribution in [2.75, 3.05) is 12.8 Å². The molecule has 0 aliphatic rings. The van der Waals surface area contributed by atoms with Crippen LogP contribution in [-0.2, 0) is 0 Å². The second-order valence-electron chi connectivity index (χ2n) is 3.90. The van der Waals surface area contributed by atoms with E-state index in [1.54, 1.807) is 30.1 Å². The molecule has 1 N–H and O–H groups in total. The topological polar surface area (TPSA) is 24.9 Å². The van der Waals surface area contributed by atoms with Crippen molar-refractivity contribution in [3.05, 3.63) is 60.2 Å². The van der Waals surface area contributed by atoms with Crippen LogP contribution in [0.3, 0.4) is 0 Å². The first-order valence-electron chi connectivity index (χ1n) is 5.75. The predicted octanol–water partition coefficient (Wildman–Crippen LogP) is 3.27. The van der Waals surface area contributed by atoms with Gasteiger partial charge in [0.1, 0.15) is 5.82 Å². The lowest BCUT2D eigenvalue weighted by molar-refractivity contribution is 0.624. The van der Waals surface area contributed by atoms with Crippen molar-refractivity contribution in [2.24, 2.45) is 0 Å². The summed E-state index contributed by atoms with van der Waals surface area (Å²) in [5.74, 6) is 0.647. The van der Waals surface area contributed by atoms with Crippen LogP contribution in [0.15, 0.2) is 53.7 Å². The van der Waals surface area contributed by atoms with Crippen molar-refractivity contribution >= 4 is 11.8 Å². The highest BCUT2D eigenvalue weighted by atomic mass is 32.2. The van der Waals surface area contributed by atoms with E-state index in [-0.39, 0.29) is 11.9 Å². The van der Waals surface area contributed by atoms with Gasteiger partial charge in [0, 0.05) is 29.1 Å². The molecule has 0 radical (unpaired) electrons. The first-order chi connectivity index (χ1) is 8.79. The van der Waals surface area contributed by atoms with Gasteiger partial charge in [0.15, 0.2) is 0 Å². The number of rotatable bonds is 5. The Morgan fingerprint density at radius 1 is 1.33 bits per heavy atom. The van der Waals surface area contributed by atoms with Crippen LogP contribution in [0.2, 0.25) is 0 Å². The van der Waals surface area contributed by atoms with Gasteiger partial charge in [-0.2, -0.15) is 0 Å². The minimum absolute atomic E-state index is 0.192. The maximum atomic E-state index is 13.1. The number of nitrogens with one attached hydrogen (secondary N) is 1. The molecule has 2 aromatic rings. The van der Waals surface area contributed by atoms with Crippen LogP contribution in [0.25, 0.3) is 0 Å². The number of hydrogen-bond acceptors (Lipinski definition) is 3. The van der Waals surface area contributed by atoms with E-state index in [9.17, 15) is 4.39 Å². The zero-order chi connectivity index (χ0) is 12.8. The fourth-order valence-corrected chi connectivity index (χ4v) is 2.75. The zero-order valence-electron chi connectivity index (χ0n) is 10.1. The normalized spacial score (nSPS) is 12.3. The Labute approximate surface area is 111 Å². The van der Waals surface area contributed by atoms with Gasteiger partial charge in [-0.1, -0.05) is 12.1 Å².